The van der Waals surface area contributed by atoms with E-state index in [0.717, 1.165) is 5.56 Å². The molecule has 0 unspecified atom stereocenters. The number of ether oxygens (including phenoxy) is 1. The van der Waals surface area contributed by atoms with Crippen LogP contribution in [0.4, 0.5) is 10.1 Å². The van der Waals surface area contributed by atoms with Crippen LogP contribution in [-0.2, 0) is 11.2 Å². The molecular weight excluding hydrogens is 285 g/mol. The van der Waals surface area contributed by atoms with Crippen molar-refractivity contribution in [2.24, 2.45) is 0 Å². The molecule has 0 bridgehead atoms. The lowest BCUT2D eigenvalue weighted by Gasteiger charge is -2.11. The van der Waals surface area contributed by atoms with Crippen molar-refractivity contribution in [3.05, 3.63) is 65.0 Å². The van der Waals surface area contributed by atoms with Crippen molar-refractivity contribution in [2.45, 2.75) is 13.3 Å². The molecular formula is C17H16FNO3. The van der Waals surface area contributed by atoms with Gasteiger partial charge in [0.15, 0.2) is 0 Å². The summed E-state index contributed by atoms with van der Waals surface area (Å²) in [4.78, 5) is 23.7. The molecule has 0 saturated heterocycles. The number of hydrogen-bond donors (Lipinski definition) is 1. The standard InChI is InChI=1S/C17H16FNO3/c1-3-11-10-12(17(21)22-2)8-9-15(11)19-16(20)13-6-4-5-7-14(13)18/h4-10H,3H2,1-2H3,(H,19,20). The molecule has 0 fully saturated rings. The highest BCUT2D eigenvalue weighted by molar-refractivity contribution is 6.05. The third kappa shape index (κ3) is 3.31. The maximum Gasteiger partial charge on any atom is 0.337 e. The van der Waals surface area contributed by atoms with Gasteiger partial charge < -0.3 is 10.1 Å². The quantitative estimate of drug-likeness (QED) is 0.880. The van der Waals surface area contributed by atoms with Crippen molar-refractivity contribution >= 4 is 17.6 Å². The highest BCUT2D eigenvalue weighted by atomic mass is 19.1. The number of rotatable bonds is 4. The number of halogens is 1. The molecule has 0 heterocycles. The van der Waals surface area contributed by atoms with Gasteiger partial charge in [0.05, 0.1) is 18.2 Å². The van der Waals surface area contributed by atoms with Crippen LogP contribution in [0.25, 0.3) is 0 Å². The maximum absolute atomic E-state index is 13.6. The van der Waals surface area contributed by atoms with Crippen molar-refractivity contribution in [3.63, 3.8) is 0 Å². The lowest BCUT2D eigenvalue weighted by Crippen LogP contribution is -2.15. The number of aryl methyl sites for hydroxylation is 1. The van der Waals surface area contributed by atoms with Gasteiger partial charge in [-0.1, -0.05) is 19.1 Å². The summed E-state index contributed by atoms with van der Waals surface area (Å²) in [6, 6.07) is 10.6. The number of hydrogen-bond acceptors (Lipinski definition) is 3. The highest BCUT2D eigenvalue weighted by Crippen LogP contribution is 2.20. The van der Waals surface area contributed by atoms with Gasteiger partial charge >= 0.3 is 5.97 Å². The minimum absolute atomic E-state index is 0.0263. The minimum Gasteiger partial charge on any atom is -0.465 e. The molecule has 0 aliphatic rings. The van der Waals surface area contributed by atoms with Crippen LogP contribution in [-0.4, -0.2) is 19.0 Å². The fraction of sp³-hybridized carbons (Fsp3) is 0.176. The van der Waals surface area contributed by atoms with E-state index >= 15 is 0 Å². The first-order chi connectivity index (χ1) is 10.6. The average Bonchev–Trinajstić information content (AvgIpc) is 2.54. The molecule has 5 heteroatoms. The zero-order valence-electron chi connectivity index (χ0n) is 12.4. The van der Waals surface area contributed by atoms with E-state index in [1.165, 1.54) is 25.3 Å². The molecule has 1 amide bonds. The molecule has 0 spiro atoms. The Bertz CT molecular complexity index is 713. The smallest absolute Gasteiger partial charge is 0.337 e. The van der Waals surface area contributed by atoms with Crippen molar-refractivity contribution < 1.29 is 18.7 Å². The predicted octanol–water partition coefficient (Wildman–Crippen LogP) is 3.43. The summed E-state index contributed by atoms with van der Waals surface area (Å²) in [5.41, 5.74) is 1.70. The molecule has 0 aliphatic carbocycles. The molecule has 0 aliphatic heterocycles. The van der Waals surface area contributed by atoms with E-state index in [9.17, 15) is 14.0 Å². The summed E-state index contributed by atoms with van der Waals surface area (Å²) in [6.45, 7) is 1.90. The fourth-order valence-electron chi connectivity index (χ4n) is 2.09. The van der Waals surface area contributed by atoms with Gasteiger partial charge in [-0.15, -0.1) is 0 Å². The Labute approximate surface area is 127 Å². The molecule has 114 valence electrons. The summed E-state index contributed by atoms with van der Waals surface area (Å²) in [5, 5.41) is 2.67. The molecule has 1 N–H and O–H groups in total. The normalized spacial score (nSPS) is 10.1. The van der Waals surface area contributed by atoms with Gasteiger partial charge in [0.25, 0.3) is 5.91 Å². The summed E-state index contributed by atoms with van der Waals surface area (Å²) in [6.07, 6.45) is 0.609. The summed E-state index contributed by atoms with van der Waals surface area (Å²) >= 11 is 0. The fourth-order valence-corrected chi connectivity index (χ4v) is 2.09. The SMILES string of the molecule is CCc1cc(C(=O)OC)ccc1NC(=O)c1ccccc1F. The Hall–Kier alpha value is -2.69. The predicted molar refractivity (Wildman–Crippen MR) is 81.5 cm³/mol. The van der Waals surface area contributed by atoms with Crippen molar-refractivity contribution in [1.82, 2.24) is 0 Å². The number of amides is 1. The molecule has 2 aromatic carbocycles. The van der Waals surface area contributed by atoms with E-state index in [1.54, 1.807) is 24.3 Å². The first-order valence-corrected chi connectivity index (χ1v) is 6.84. The van der Waals surface area contributed by atoms with Gasteiger partial charge in [-0.05, 0) is 42.3 Å². The van der Waals surface area contributed by atoms with E-state index in [2.05, 4.69) is 10.1 Å². The number of methoxy groups -OCH3 is 1. The van der Waals surface area contributed by atoms with Crippen molar-refractivity contribution in [2.75, 3.05) is 12.4 Å². The summed E-state index contributed by atoms with van der Waals surface area (Å²) in [7, 11) is 1.31. The number of carbonyl (C=O) groups is 2. The third-order valence-corrected chi connectivity index (χ3v) is 3.27. The first-order valence-electron chi connectivity index (χ1n) is 6.84. The molecule has 22 heavy (non-hydrogen) atoms. The van der Waals surface area contributed by atoms with Crippen molar-refractivity contribution in [1.29, 1.82) is 0 Å². The van der Waals surface area contributed by atoms with Crippen LogP contribution >= 0.6 is 0 Å². The topological polar surface area (TPSA) is 55.4 Å². The molecule has 2 aromatic rings. The number of nitrogens with one attached hydrogen (secondary N) is 1. The third-order valence-electron chi connectivity index (χ3n) is 3.27. The second-order valence-electron chi connectivity index (χ2n) is 4.65. The van der Waals surface area contributed by atoms with E-state index in [4.69, 9.17) is 0 Å². The zero-order chi connectivity index (χ0) is 16.1. The van der Waals surface area contributed by atoms with Crippen molar-refractivity contribution in [3.8, 4) is 0 Å². The Morgan fingerprint density at radius 3 is 2.55 bits per heavy atom. The van der Waals surface area contributed by atoms with Gasteiger partial charge in [-0.2, -0.15) is 0 Å². The molecule has 0 radical (unpaired) electrons. The van der Waals surface area contributed by atoms with Crippen LogP contribution in [0, 0.1) is 5.82 Å². The number of esters is 1. The largest absolute Gasteiger partial charge is 0.465 e. The lowest BCUT2D eigenvalue weighted by molar-refractivity contribution is 0.0600. The molecule has 2 rings (SSSR count). The maximum atomic E-state index is 13.6. The second-order valence-corrected chi connectivity index (χ2v) is 4.65. The summed E-state index contributed by atoms with van der Waals surface area (Å²) in [5.74, 6) is -1.55. The Kier molecular flexibility index (Phi) is 4.88. The molecule has 0 aromatic heterocycles. The molecule has 0 atom stereocenters. The van der Waals surface area contributed by atoms with Crippen LogP contribution in [0.5, 0.6) is 0 Å². The van der Waals surface area contributed by atoms with Crippen LogP contribution in [0.15, 0.2) is 42.5 Å². The van der Waals surface area contributed by atoms with Crippen LogP contribution in [0.1, 0.15) is 33.2 Å². The molecule has 0 saturated carbocycles. The van der Waals surface area contributed by atoms with Gasteiger partial charge in [-0.25, -0.2) is 9.18 Å². The number of benzene rings is 2. The van der Waals surface area contributed by atoms with Gasteiger partial charge in [0.1, 0.15) is 5.82 Å². The monoisotopic (exact) mass is 301 g/mol. The number of anilines is 1. The average molecular weight is 301 g/mol. The van der Waals surface area contributed by atoms with E-state index in [-0.39, 0.29) is 5.56 Å². The highest BCUT2D eigenvalue weighted by Gasteiger charge is 2.14. The Morgan fingerprint density at radius 2 is 1.91 bits per heavy atom. The second kappa shape index (κ2) is 6.85. The van der Waals surface area contributed by atoms with Gasteiger partial charge in [0.2, 0.25) is 0 Å². The van der Waals surface area contributed by atoms with Crippen LogP contribution < -0.4 is 5.32 Å². The van der Waals surface area contributed by atoms with Gasteiger partial charge in [-0.3, -0.25) is 4.79 Å². The Balaban J connectivity index is 2.28. The van der Waals surface area contributed by atoms with E-state index in [1.807, 2.05) is 6.92 Å². The lowest BCUT2D eigenvalue weighted by atomic mass is 10.1. The number of carbonyl (C=O) groups excluding carboxylic acids is 2. The van der Waals surface area contributed by atoms with Gasteiger partial charge in [0, 0.05) is 5.69 Å². The van der Waals surface area contributed by atoms with Crippen LogP contribution in [0.2, 0.25) is 0 Å². The van der Waals surface area contributed by atoms with Crippen LogP contribution in [0.3, 0.4) is 0 Å². The zero-order valence-corrected chi connectivity index (χ0v) is 12.4. The molecule has 4 nitrogen and oxygen atoms in total. The van der Waals surface area contributed by atoms with E-state index in [0.29, 0.717) is 17.7 Å². The van der Waals surface area contributed by atoms with E-state index < -0.39 is 17.7 Å². The minimum atomic E-state index is -0.579. The Morgan fingerprint density at radius 1 is 1.18 bits per heavy atom. The first kappa shape index (κ1) is 15.7. The summed E-state index contributed by atoms with van der Waals surface area (Å²) < 4.78 is 18.3.